The second-order valence-corrected chi connectivity index (χ2v) is 8.12. The first-order valence-corrected chi connectivity index (χ1v) is 10.2. The number of rotatable bonds is 4. The lowest BCUT2D eigenvalue weighted by Crippen LogP contribution is -2.43. The molecule has 0 unspecified atom stereocenters. The maximum absolute atomic E-state index is 13.1. The van der Waals surface area contributed by atoms with Crippen LogP contribution in [-0.4, -0.2) is 52.0 Å². The average molecular weight is 402 g/mol. The van der Waals surface area contributed by atoms with Gasteiger partial charge in [-0.15, -0.1) is 0 Å². The molecule has 0 atom stereocenters. The molecule has 2 aliphatic rings. The van der Waals surface area contributed by atoms with E-state index in [9.17, 15) is 14.0 Å². The van der Waals surface area contributed by atoms with E-state index in [2.05, 4.69) is 5.10 Å². The predicted molar refractivity (Wildman–Crippen MR) is 105 cm³/mol. The number of halogens is 1. The third kappa shape index (κ3) is 3.99. The van der Waals surface area contributed by atoms with Gasteiger partial charge in [-0.2, -0.15) is 5.10 Å². The fourth-order valence-corrected chi connectivity index (χ4v) is 4.53. The van der Waals surface area contributed by atoms with Crippen LogP contribution in [0.15, 0.2) is 29.1 Å². The van der Waals surface area contributed by atoms with Gasteiger partial charge in [0.2, 0.25) is 0 Å². The highest BCUT2D eigenvalue weighted by molar-refractivity contribution is 5.94. The number of amides is 1. The highest BCUT2D eigenvalue weighted by Gasteiger charge is 2.38. The summed E-state index contributed by atoms with van der Waals surface area (Å²) in [4.78, 5) is 27.1. The van der Waals surface area contributed by atoms with Crippen LogP contribution in [-0.2, 0) is 24.2 Å². The number of aryl methyl sites for hydroxylation is 1. The van der Waals surface area contributed by atoms with E-state index in [0.29, 0.717) is 38.3 Å². The Morgan fingerprint density at radius 2 is 1.83 bits per heavy atom. The van der Waals surface area contributed by atoms with Gasteiger partial charge in [0.15, 0.2) is 0 Å². The van der Waals surface area contributed by atoms with E-state index in [-0.39, 0.29) is 22.8 Å². The van der Waals surface area contributed by atoms with E-state index in [1.165, 1.54) is 16.8 Å². The molecule has 156 valence electrons. The lowest BCUT2D eigenvalue weighted by Gasteiger charge is -2.41. The van der Waals surface area contributed by atoms with Gasteiger partial charge in [0.05, 0.1) is 13.2 Å². The molecule has 1 aromatic carbocycles. The maximum atomic E-state index is 13.1. The third-order valence-electron chi connectivity index (χ3n) is 6.45. The van der Waals surface area contributed by atoms with Crippen LogP contribution in [0.4, 0.5) is 4.39 Å². The minimum atomic E-state index is -0.337. The number of carbonyl (C=O) groups is 1. The fraction of sp³-hybridized carbons (Fsp3) is 0.571. The van der Waals surface area contributed by atoms with Gasteiger partial charge in [-0.25, -0.2) is 13.9 Å². The Labute approximate surface area is 169 Å². The van der Waals surface area contributed by atoms with Crippen molar-refractivity contribution in [2.75, 3.05) is 26.8 Å². The highest BCUT2D eigenvalue weighted by atomic mass is 19.1. The first-order chi connectivity index (χ1) is 14.0. The van der Waals surface area contributed by atoms with Gasteiger partial charge in [0.1, 0.15) is 11.6 Å². The standard InChI is InChI=1S/C21H27FN4O3/c1-29-15-14-26-20(28)25-13-10-21(7-6-18(25)23-26)8-11-24(12-9-21)19(27)16-2-4-17(22)5-3-16/h2-5H,6-15H2,1H3. The zero-order chi connectivity index (χ0) is 20.4. The zero-order valence-electron chi connectivity index (χ0n) is 16.8. The smallest absolute Gasteiger partial charge is 0.345 e. The molecule has 2 aliphatic heterocycles. The zero-order valence-corrected chi connectivity index (χ0v) is 16.8. The van der Waals surface area contributed by atoms with E-state index in [1.54, 1.807) is 23.8 Å². The summed E-state index contributed by atoms with van der Waals surface area (Å²) in [5, 5.41) is 4.51. The molecule has 1 spiro atoms. The number of carbonyl (C=O) groups excluding carboxylic acids is 1. The number of methoxy groups -OCH3 is 1. The van der Waals surface area contributed by atoms with Crippen molar-refractivity contribution in [1.82, 2.24) is 19.2 Å². The summed E-state index contributed by atoms with van der Waals surface area (Å²) < 4.78 is 21.5. The number of nitrogens with zero attached hydrogens (tertiary/aromatic N) is 4. The van der Waals surface area contributed by atoms with Gasteiger partial charge in [0.25, 0.3) is 5.91 Å². The van der Waals surface area contributed by atoms with E-state index in [1.807, 2.05) is 4.90 Å². The number of benzene rings is 1. The Kier molecular flexibility index (Phi) is 5.54. The molecule has 8 heteroatoms. The molecule has 0 aliphatic carbocycles. The number of likely N-dealkylation sites (tertiary alicyclic amines) is 1. The summed E-state index contributed by atoms with van der Waals surface area (Å²) in [6, 6.07) is 5.73. The van der Waals surface area contributed by atoms with Crippen molar-refractivity contribution in [1.29, 1.82) is 0 Å². The average Bonchev–Trinajstić information content (AvgIpc) is 2.93. The topological polar surface area (TPSA) is 69.4 Å². The van der Waals surface area contributed by atoms with Crippen LogP contribution >= 0.6 is 0 Å². The number of hydrogen-bond donors (Lipinski definition) is 0. The van der Waals surface area contributed by atoms with Crippen LogP contribution in [0.5, 0.6) is 0 Å². The van der Waals surface area contributed by atoms with Crippen molar-refractivity contribution < 1.29 is 13.9 Å². The third-order valence-corrected chi connectivity index (χ3v) is 6.45. The van der Waals surface area contributed by atoms with E-state index < -0.39 is 0 Å². The van der Waals surface area contributed by atoms with Crippen LogP contribution in [0.25, 0.3) is 0 Å². The van der Waals surface area contributed by atoms with E-state index in [0.717, 1.165) is 37.9 Å². The van der Waals surface area contributed by atoms with Crippen molar-refractivity contribution in [2.24, 2.45) is 5.41 Å². The molecule has 4 rings (SSSR count). The van der Waals surface area contributed by atoms with E-state index in [4.69, 9.17) is 4.74 Å². The molecule has 0 bridgehead atoms. The van der Waals surface area contributed by atoms with E-state index >= 15 is 0 Å². The molecule has 1 amide bonds. The Balaban J connectivity index is 1.39. The molecular weight excluding hydrogens is 375 g/mol. The molecule has 0 radical (unpaired) electrons. The summed E-state index contributed by atoms with van der Waals surface area (Å²) in [6.45, 7) is 3.00. The summed E-state index contributed by atoms with van der Waals surface area (Å²) in [6.07, 6.45) is 4.52. The molecular formula is C21H27FN4O3. The van der Waals surface area contributed by atoms with Gasteiger partial charge in [-0.3, -0.25) is 9.36 Å². The number of ether oxygens (including phenoxy) is 1. The summed E-state index contributed by atoms with van der Waals surface area (Å²) >= 11 is 0. The minimum absolute atomic E-state index is 0.0394. The first kappa shape index (κ1) is 19.8. The lowest BCUT2D eigenvalue weighted by molar-refractivity contribution is 0.0535. The maximum Gasteiger partial charge on any atom is 0.345 e. The first-order valence-electron chi connectivity index (χ1n) is 10.2. The van der Waals surface area contributed by atoms with Gasteiger partial charge >= 0.3 is 5.69 Å². The molecule has 3 heterocycles. The van der Waals surface area contributed by atoms with Crippen molar-refractivity contribution in [3.8, 4) is 0 Å². The van der Waals surface area contributed by atoms with Gasteiger partial charge < -0.3 is 9.64 Å². The normalized spacial score (nSPS) is 18.5. The minimum Gasteiger partial charge on any atom is -0.383 e. The number of piperidine rings is 1. The van der Waals surface area contributed by atoms with Crippen LogP contribution in [0.1, 0.15) is 41.9 Å². The largest absolute Gasteiger partial charge is 0.383 e. The molecule has 2 aromatic rings. The molecule has 0 saturated carbocycles. The quantitative estimate of drug-likeness (QED) is 0.785. The molecule has 0 N–H and O–H groups in total. The van der Waals surface area contributed by atoms with Gasteiger partial charge in [-0.05, 0) is 55.4 Å². The van der Waals surface area contributed by atoms with Crippen molar-refractivity contribution >= 4 is 5.91 Å². The van der Waals surface area contributed by atoms with Crippen LogP contribution in [0.3, 0.4) is 0 Å². The van der Waals surface area contributed by atoms with Crippen molar-refractivity contribution in [3.05, 3.63) is 52.0 Å². The van der Waals surface area contributed by atoms with Crippen LogP contribution in [0.2, 0.25) is 0 Å². The Morgan fingerprint density at radius 1 is 1.14 bits per heavy atom. The van der Waals surface area contributed by atoms with Gasteiger partial charge in [0, 0.05) is 38.7 Å². The number of hydrogen-bond acceptors (Lipinski definition) is 4. The highest BCUT2D eigenvalue weighted by Crippen LogP contribution is 2.41. The van der Waals surface area contributed by atoms with Crippen molar-refractivity contribution in [2.45, 2.75) is 45.2 Å². The molecule has 29 heavy (non-hydrogen) atoms. The van der Waals surface area contributed by atoms with Crippen molar-refractivity contribution in [3.63, 3.8) is 0 Å². The number of aromatic nitrogens is 3. The van der Waals surface area contributed by atoms with Gasteiger partial charge in [-0.1, -0.05) is 0 Å². The second kappa shape index (κ2) is 8.10. The Bertz CT molecular complexity index is 926. The Hall–Kier alpha value is -2.48. The van der Waals surface area contributed by atoms with Crippen LogP contribution in [0, 0.1) is 11.2 Å². The lowest BCUT2D eigenvalue weighted by atomic mass is 9.72. The Morgan fingerprint density at radius 3 is 2.52 bits per heavy atom. The fourth-order valence-electron chi connectivity index (χ4n) is 4.53. The SMILES string of the molecule is COCCn1nc2n(c1=O)CCC1(CC2)CCN(C(=O)c2ccc(F)cc2)CC1. The number of fused-ring (bicyclic) bond motifs is 1. The summed E-state index contributed by atoms with van der Waals surface area (Å²) in [5.41, 5.74) is 0.613. The molecule has 1 saturated heterocycles. The van der Waals surface area contributed by atoms with Crippen LogP contribution < -0.4 is 5.69 Å². The monoisotopic (exact) mass is 402 g/mol. The summed E-state index contributed by atoms with van der Waals surface area (Å²) in [5.74, 6) is 0.478. The molecule has 1 aromatic heterocycles. The predicted octanol–water partition coefficient (Wildman–Crippen LogP) is 2.09. The second-order valence-electron chi connectivity index (χ2n) is 8.12. The molecule has 1 fully saturated rings. The summed E-state index contributed by atoms with van der Waals surface area (Å²) in [7, 11) is 1.61. The molecule has 7 nitrogen and oxygen atoms in total.